The van der Waals surface area contributed by atoms with E-state index >= 15 is 0 Å². The number of rotatable bonds is 7. The van der Waals surface area contributed by atoms with Crippen molar-refractivity contribution in [3.63, 3.8) is 0 Å². The molecule has 0 bridgehead atoms. The maximum atomic E-state index is 13.2. The Balaban J connectivity index is 1.66. The Morgan fingerprint density at radius 3 is 2.73 bits per heavy atom. The van der Waals surface area contributed by atoms with E-state index in [-0.39, 0.29) is 18.0 Å². The number of nitrogens with zero attached hydrogens (tertiary/aromatic N) is 3. The van der Waals surface area contributed by atoms with Crippen LogP contribution in [0.25, 0.3) is 20.7 Å². The van der Waals surface area contributed by atoms with E-state index in [1.165, 1.54) is 27.7 Å². The van der Waals surface area contributed by atoms with Crippen LogP contribution in [0.5, 0.6) is 0 Å². The molecule has 0 aliphatic heterocycles. The summed E-state index contributed by atoms with van der Waals surface area (Å²) in [6, 6.07) is 20.6. The van der Waals surface area contributed by atoms with Gasteiger partial charge in [-0.3, -0.25) is 14.2 Å². The monoisotopic (exact) mass is 472 g/mol. The predicted molar refractivity (Wildman–Crippen MR) is 135 cm³/mol. The summed E-state index contributed by atoms with van der Waals surface area (Å²) in [5.74, 6) is -0.279. The van der Waals surface area contributed by atoms with Gasteiger partial charge in [0, 0.05) is 11.4 Å². The molecule has 1 unspecified atom stereocenters. The number of thiophene rings is 1. The molecule has 0 radical (unpaired) electrons. The van der Waals surface area contributed by atoms with Crippen molar-refractivity contribution in [2.75, 3.05) is 5.32 Å². The normalized spacial score (nSPS) is 11.6. The van der Waals surface area contributed by atoms with Gasteiger partial charge in [-0.2, -0.15) is 5.26 Å². The van der Waals surface area contributed by atoms with E-state index in [0.717, 1.165) is 10.4 Å². The van der Waals surface area contributed by atoms with Gasteiger partial charge in [-0.15, -0.1) is 17.9 Å². The second-order valence-corrected chi connectivity index (χ2v) is 9.54. The quantitative estimate of drug-likeness (QED) is 0.224. The zero-order chi connectivity index (χ0) is 23.4. The van der Waals surface area contributed by atoms with E-state index < -0.39 is 5.25 Å². The molecule has 0 aliphatic rings. The van der Waals surface area contributed by atoms with Crippen molar-refractivity contribution in [1.29, 1.82) is 5.26 Å². The fraction of sp³-hybridized carbons (Fsp3) is 0.120. The highest BCUT2D eigenvalue weighted by Crippen LogP contribution is 2.33. The smallest absolute Gasteiger partial charge is 0.263 e. The Labute approximate surface area is 199 Å². The Morgan fingerprint density at radius 2 is 2.00 bits per heavy atom. The lowest BCUT2D eigenvalue weighted by Gasteiger charge is -2.15. The number of nitrogens with one attached hydrogen (secondary N) is 1. The van der Waals surface area contributed by atoms with Crippen LogP contribution in [0.1, 0.15) is 12.5 Å². The summed E-state index contributed by atoms with van der Waals surface area (Å²) in [6.45, 7) is 5.78. The van der Waals surface area contributed by atoms with E-state index in [4.69, 9.17) is 4.98 Å². The first-order valence-corrected chi connectivity index (χ1v) is 11.9. The molecule has 33 heavy (non-hydrogen) atoms. The molecule has 0 saturated carbocycles. The molecule has 2 aromatic heterocycles. The highest BCUT2D eigenvalue weighted by atomic mass is 32.2. The van der Waals surface area contributed by atoms with E-state index in [1.807, 2.05) is 36.4 Å². The lowest BCUT2D eigenvalue weighted by Crippen LogP contribution is -2.26. The van der Waals surface area contributed by atoms with Crippen molar-refractivity contribution in [2.45, 2.75) is 23.9 Å². The number of carbonyl (C=O) groups excluding carboxylic acids is 1. The summed E-state index contributed by atoms with van der Waals surface area (Å²) >= 11 is 2.65. The second kappa shape index (κ2) is 9.86. The number of aromatic nitrogens is 2. The summed E-state index contributed by atoms with van der Waals surface area (Å²) in [6.07, 6.45) is 1.64. The summed E-state index contributed by atoms with van der Waals surface area (Å²) in [4.78, 5) is 32.4. The lowest BCUT2D eigenvalue weighted by molar-refractivity contribution is -0.115. The number of thioether (sulfide) groups is 1. The van der Waals surface area contributed by atoms with Crippen molar-refractivity contribution in [3.05, 3.63) is 89.2 Å². The highest BCUT2D eigenvalue weighted by molar-refractivity contribution is 8.00. The number of para-hydroxylation sites is 1. The standard InChI is InChI=1S/C25H20N4O2S2/c1-3-13-29-24(31)19-14-21(17-9-5-4-6-10-17)33-23(19)28-25(29)32-16(2)22(30)27-20-12-8-7-11-18(20)15-26/h3-12,14,16H,1,13H2,2H3,(H,27,30). The highest BCUT2D eigenvalue weighted by Gasteiger charge is 2.21. The topological polar surface area (TPSA) is 87.8 Å². The van der Waals surface area contributed by atoms with Crippen LogP contribution in [0.15, 0.2) is 83.3 Å². The third-order valence-corrected chi connectivity index (χ3v) is 7.11. The van der Waals surface area contributed by atoms with Crippen LogP contribution < -0.4 is 10.9 Å². The number of amides is 1. The molecule has 8 heteroatoms. The van der Waals surface area contributed by atoms with Crippen molar-refractivity contribution in [3.8, 4) is 16.5 Å². The van der Waals surface area contributed by atoms with E-state index in [9.17, 15) is 14.9 Å². The van der Waals surface area contributed by atoms with E-state index in [2.05, 4.69) is 18.0 Å². The maximum absolute atomic E-state index is 13.2. The predicted octanol–water partition coefficient (Wildman–Crippen LogP) is 5.30. The first-order chi connectivity index (χ1) is 16.0. The molecule has 2 heterocycles. The molecule has 6 nitrogen and oxygen atoms in total. The minimum atomic E-state index is -0.550. The first kappa shape index (κ1) is 22.5. The molecule has 2 aromatic carbocycles. The molecule has 0 fully saturated rings. The lowest BCUT2D eigenvalue weighted by atomic mass is 10.2. The van der Waals surface area contributed by atoms with Crippen LogP contribution in [-0.2, 0) is 11.3 Å². The minimum absolute atomic E-state index is 0.164. The molecular formula is C25H20N4O2S2. The van der Waals surface area contributed by atoms with Crippen LogP contribution in [0.4, 0.5) is 5.69 Å². The van der Waals surface area contributed by atoms with Gasteiger partial charge >= 0.3 is 0 Å². The van der Waals surface area contributed by atoms with Gasteiger partial charge in [0.2, 0.25) is 5.91 Å². The number of hydrogen-bond acceptors (Lipinski definition) is 6. The SMILES string of the molecule is C=CCn1c(SC(C)C(=O)Nc2ccccc2C#N)nc2sc(-c3ccccc3)cc2c1=O. The molecule has 1 atom stereocenters. The molecule has 4 aromatic rings. The van der Waals surface area contributed by atoms with Crippen LogP contribution in [-0.4, -0.2) is 20.7 Å². The van der Waals surface area contributed by atoms with Gasteiger partial charge in [-0.05, 0) is 30.7 Å². The molecular weight excluding hydrogens is 452 g/mol. The van der Waals surface area contributed by atoms with E-state index in [0.29, 0.717) is 26.6 Å². The Hall–Kier alpha value is -3.67. The van der Waals surface area contributed by atoms with Crippen LogP contribution >= 0.6 is 23.1 Å². The number of benzene rings is 2. The number of hydrogen-bond donors (Lipinski definition) is 1. The van der Waals surface area contributed by atoms with Gasteiger partial charge in [0.15, 0.2) is 5.16 Å². The number of allylic oxidation sites excluding steroid dienone is 1. The number of nitriles is 1. The first-order valence-electron chi connectivity index (χ1n) is 10.2. The summed E-state index contributed by atoms with van der Waals surface area (Å²) < 4.78 is 1.54. The molecule has 164 valence electrons. The molecule has 0 aliphatic carbocycles. The third-order valence-electron chi connectivity index (χ3n) is 4.94. The second-order valence-electron chi connectivity index (χ2n) is 7.20. The van der Waals surface area contributed by atoms with Gasteiger partial charge in [-0.25, -0.2) is 4.98 Å². The summed E-state index contributed by atoms with van der Waals surface area (Å²) in [5.41, 5.74) is 1.70. The summed E-state index contributed by atoms with van der Waals surface area (Å²) in [7, 11) is 0. The summed E-state index contributed by atoms with van der Waals surface area (Å²) in [5, 5.41) is 12.5. The molecule has 1 amide bonds. The largest absolute Gasteiger partial charge is 0.324 e. The van der Waals surface area contributed by atoms with Crippen molar-refractivity contribution >= 4 is 44.9 Å². The Morgan fingerprint density at radius 1 is 1.27 bits per heavy atom. The van der Waals surface area contributed by atoms with Crippen molar-refractivity contribution in [1.82, 2.24) is 9.55 Å². The van der Waals surface area contributed by atoms with Gasteiger partial charge in [0.05, 0.1) is 21.9 Å². The van der Waals surface area contributed by atoms with Crippen molar-refractivity contribution < 1.29 is 4.79 Å². The average Bonchev–Trinajstić information content (AvgIpc) is 3.27. The zero-order valence-corrected chi connectivity index (χ0v) is 19.5. The van der Waals surface area contributed by atoms with Gasteiger partial charge < -0.3 is 5.32 Å². The Bertz CT molecular complexity index is 1430. The molecule has 0 spiro atoms. The molecule has 4 rings (SSSR count). The molecule has 0 saturated heterocycles. The number of anilines is 1. The van der Waals surface area contributed by atoms with Gasteiger partial charge in [0.1, 0.15) is 10.9 Å². The van der Waals surface area contributed by atoms with Crippen LogP contribution in [0.3, 0.4) is 0 Å². The van der Waals surface area contributed by atoms with Crippen LogP contribution in [0.2, 0.25) is 0 Å². The van der Waals surface area contributed by atoms with Gasteiger partial charge in [0.25, 0.3) is 5.56 Å². The molecule has 1 N–H and O–H groups in total. The van der Waals surface area contributed by atoms with Crippen LogP contribution in [0, 0.1) is 11.3 Å². The van der Waals surface area contributed by atoms with Gasteiger partial charge in [-0.1, -0.05) is 60.3 Å². The van der Waals surface area contributed by atoms with Crippen molar-refractivity contribution in [2.24, 2.45) is 0 Å². The fourth-order valence-electron chi connectivity index (χ4n) is 3.26. The fourth-order valence-corrected chi connectivity index (χ4v) is 5.25. The third kappa shape index (κ3) is 4.75. The number of carbonyl (C=O) groups is 1. The maximum Gasteiger partial charge on any atom is 0.263 e. The minimum Gasteiger partial charge on any atom is -0.324 e. The van der Waals surface area contributed by atoms with E-state index in [1.54, 1.807) is 37.3 Å². The Kier molecular flexibility index (Phi) is 6.73. The average molecular weight is 473 g/mol. The number of fused-ring (bicyclic) bond motifs is 1. The zero-order valence-electron chi connectivity index (χ0n) is 17.8.